The minimum absolute atomic E-state index is 0.196. The lowest BCUT2D eigenvalue weighted by molar-refractivity contribution is -0.144. The van der Waals surface area contributed by atoms with E-state index in [4.69, 9.17) is 11.6 Å². The number of hydrogen-bond donors (Lipinski definition) is 0. The first-order valence-corrected chi connectivity index (χ1v) is 5.76. The lowest BCUT2D eigenvalue weighted by atomic mass is 10.1. The van der Waals surface area contributed by atoms with Crippen LogP contribution in [0.1, 0.15) is 20.7 Å². The highest BCUT2D eigenvalue weighted by Crippen LogP contribution is 2.25. The maximum absolute atomic E-state index is 12.1. The van der Waals surface area contributed by atoms with Crippen LogP contribution in [-0.2, 0) is 9.53 Å². The molecule has 94 valence electrons. The highest BCUT2D eigenvalue weighted by Gasteiger charge is 2.42. The Kier molecular flexibility index (Phi) is 3.34. The van der Waals surface area contributed by atoms with Crippen LogP contribution in [0.15, 0.2) is 24.3 Å². The van der Waals surface area contributed by atoms with Crippen molar-refractivity contribution in [1.29, 1.82) is 0 Å². The van der Waals surface area contributed by atoms with Crippen molar-refractivity contribution in [3.05, 3.63) is 35.4 Å². The summed E-state index contributed by atoms with van der Waals surface area (Å²) in [5.41, 5.74) is 0.558. The van der Waals surface area contributed by atoms with Gasteiger partial charge in [0.05, 0.1) is 24.1 Å². The lowest BCUT2D eigenvalue weighted by Gasteiger charge is -2.21. The van der Waals surface area contributed by atoms with Gasteiger partial charge < -0.3 is 4.74 Å². The number of esters is 1. The summed E-state index contributed by atoms with van der Waals surface area (Å²) in [5.74, 6) is -1.95. The van der Waals surface area contributed by atoms with E-state index in [9.17, 15) is 14.4 Å². The van der Waals surface area contributed by atoms with Crippen molar-refractivity contribution in [2.24, 2.45) is 0 Å². The fourth-order valence-electron chi connectivity index (χ4n) is 1.86. The minimum Gasteiger partial charge on any atom is -0.467 e. The topological polar surface area (TPSA) is 63.7 Å². The molecule has 1 heterocycles. The summed E-state index contributed by atoms with van der Waals surface area (Å²) in [7, 11) is 1.18. The van der Waals surface area contributed by atoms with Crippen LogP contribution in [0.4, 0.5) is 0 Å². The van der Waals surface area contributed by atoms with Crippen molar-refractivity contribution in [3.63, 3.8) is 0 Å². The number of alkyl halides is 1. The number of fused-ring (bicyclic) bond motifs is 1. The molecule has 0 spiro atoms. The minimum atomic E-state index is -1.09. The van der Waals surface area contributed by atoms with Gasteiger partial charge in [0.1, 0.15) is 0 Å². The molecule has 2 rings (SSSR count). The molecule has 0 unspecified atom stereocenters. The number of imide groups is 1. The van der Waals surface area contributed by atoms with Crippen LogP contribution in [0, 0.1) is 0 Å². The molecule has 1 aliphatic heterocycles. The van der Waals surface area contributed by atoms with Crippen LogP contribution in [-0.4, -0.2) is 41.7 Å². The van der Waals surface area contributed by atoms with Crippen molar-refractivity contribution in [2.45, 2.75) is 6.04 Å². The van der Waals surface area contributed by atoms with Crippen LogP contribution in [0.3, 0.4) is 0 Å². The maximum Gasteiger partial charge on any atom is 0.330 e. The van der Waals surface area contributed by atoms with Crippen LogP contribution >= 0.6 is 11.6 Å². The zero-order valence-electron chi connectivity index (χ0n) is 9.55. The van der Waals surface area contributed by atoms with E-state index in [1.54, 1.807) is 12.1 Å². The molecule has 1 aliphatic rings. The smallest absolute Gasteiger partial charge is 0.330 e. The van der Waals surface area contributed by atoms with Gasteiger partial charge >= 0.3 is 5.97 Å². The molecule has 1 atom stereocenters. The zero-order chi connectivity index (χ0) is 13.3. The molecular weight excluding hydrogens is 258 g/mol. The molecule has 5 nitrogen and oxygen atoms in total. The molecule has 0 N–H and O–H groups in total. The van der Waals surface area contributed by atoms with Gasteiger partial charge in [0.2, 0.25) is 0 Å². The molecule has 0 saturated carbocycles. The third kappa shape index (κ3) is 1.76. The normalized spacial score (nSPS) is 15.6. The Balaban J connectivity index is 2.41. The number of nitrogens with zero attached hydrogens (tertiary/aromatic N) is 1. The SMILES string of the molecule is COC(=O)[C@H](CCl)N1C(=O)c2ccccc2C1=O. The number of benzene rings is 1. The third-order valence-corrected chi connectivity index (χ3v) is 3.05. The van der Waals surface area contributed by atoms with Gasteiger partial charge in [-0.05, 0) is 12.1 Å². The molecule has 18 heavy (non-hydrogen) atoms. The van der Waals surface area contributed by atoms with Gasteiger partial charge in [-0.3, -0.25) is 14.5 Å². The average molecular weight is 268 g/mol. The van der Waals surface area contributed by atoms with Crippen molar-refractivity contribution in [3.8, 4) is 0 Å². The van der Waals surface area contributed by atoms with Gasteiger partial charge in [-0.15, -0.1) is 11.6 Å². The number of rotatable bonds is 3. The van der Waals surface area contributed by atoms with E-state index in [0.29, 0.717) is 0 Å². The molecule has 2 amide bonds. The molecular formula is C12H10ClNO4. The average Bonchev–Trinajstić information content (AvgIpc) is 2.65. The number of halogens is 1. The van der Waals surface area contributed by atoms with Gasteiger partial charge in [0, 0.05) is 0 Å². The molecule has 1 aromatic carbocycles. The highest BCUT2D eigenvalue weighted by atomic mass is 35.5. The second-order valence-electron chi connectivity index (χ2n) is 3.72. The summed E-state index contributed by atoms with van der Waals surface area (Å²) in [5, 5.41) is 0. The predicted octanol–water partition coefficient (Wildman–Crippen LogP) is 1.06. The first kappa shape index (κ1) is 12.6. The second kappa shape index (κ2) is 4.78. The van der Waals surface area contributed by atoms with Crippen molar-refractivity contribution in [2.75, 3.05) is 13.0 Å². The molecule has 0 fully saturated rings. The van der Waals surface area contributed by atoms with Gasteiger partial charge in [-0.25, -0.2) is 4.79 Å². The van der Waals surface area contributed by atoms with E-state index in [1.165, 1.54) is 19.2 Å². The maximum atomic E-state index is 12.1. The van der Waals surface area contributed by atoms with Crippen LogP contribution in [0.25, 0.3) is 0 Å². The quantitative estimate of drug-likeness (QED) is 0.467. The highest BCUT2D eigenvalue weighted by molar-refractivity contribution is 6.25. The van der Waals surface area contributed by atoms with Crippen LogP contribution < -0.4 is 0 Å². The van der Waals surface area contributed by atoms with Crippen molar-refractivity contribution >= 4 is 29.4 Å². The standard InChI is InChI=1S/C12H10ClNO4/c1-18-12(17)9(6-13)14-10(15)7-4-2-3-5-8(7)11(14)16/h2-5,9H,6H2,1H3/t9-/m0/s1. The zero-order valence-corrected chi connectivity index (χ0v) is 10.3. The summed E-state index contributed by atoms with van der Waals surface area (Å²) in [6, 6.07) is 5.29. The van der Waals surface area contributed by atoms with Gasteiger partial charge in [0.15, 0.2) is 6.04 Å². The second-order valence-corrected chi connectivity index (χ2v) is 4.03. The predicted molar refractivity (Wildman–Crippen MR) is 63.5 cm³/mol. The molecule has 0 saturated heterocycles. The van der Waals surface area contributed by atoms with Gasteiger partial charge in [-0.1, -0.05) is 12.1 Å². The number of hydrogen-bond acceptors (Lipinski definition) is 4. The molecule has 0 bridgehead atoms. The molecule has 6 heteroatoms. The van der Waals surface area contributed by atoms with E-state index >= 15 is 0 Å². The summed E-state index contributed by atoms with van der Waals surface area (Å²) < 4.78 is 4.54. The Morgan fingerprint density at radius 2 is 1.78 bits per heavy atom. The fourth-order valence-corrected chi connectivity index (χ4v) is 2.13. The Labute approximate surface area is 108 Å². The number of carbonyl (C=O) groups excluding carboxylic acids is 3. The Bertz CT molecular complexity index is 494. The van der Waals surface area contributed by atoms with Crippen molar-refractivity contribution in [1.82, 2.24) is 4.90 Å². The van der Waals surface area contributed by atoms with E-state index in [-0.39, 0.29) is 17.0 Å². The Morgan fingerprint density at radius 3 is 2.17 bits per heavy atom. The fraction of sp³-hybridized carbons (Fsp3) is 0.250. The Morgan fingerprint density at radius 1 is 1.28 bits per heavy atom. The lowest BCUT2D eigenvalue weighted by Crippen LogP contribution is -2.46. The summed E-state index contributed by atoms with van der Waals surface area (Å²) in [6.07, 6.45) is 0. The largest absolute Gasteiger partial charge is 0.467 e. The summed E-state index contributed by atoms with van der Waals surface area (Å²) >= 11 is 5.65. The van der Waals surface area contributed by atoms with Crippen LogP contribution in [0.2, 0.25) is 0 Å². The molecule has 0 aromatic heterocycles. The summed E-state index contributed by atoms with van der Waals surface area (Å²) in [6.45, 7) is 0. The number of ether oxygens (including phenoxy) is 1. The van der Waals surface area contributed by atoms with Crippen LogP contribution in [0.5, 0.6) is 0 Å². The Hall–Kier alpha value is -1.88. The van der Waals surface area contributed by atoms with Crippen molar-refractivity contribution < 1.29 is 19.1 Å². The first-order valence-electron chi connectivity index (χ1n) is 5.22. The molecule has 0 radical (unpaired) electrons. The number of methoxy groups -OCH3 is 1. The summed E-state index contributed by atoms with van der Waals surface area (Å²) in [4.78, 5) is 36.5. The first-order chi connectivity index (χ1) is 8.61. The number of amides is 2. The molecule has 0 aliphatic carbocycles. The number of carbonyl (C=O) groups is 3. The third-order valence-electron chi connectivity index (χ3n) is 2.76. The molecule has 1 aromatic rings. The van der Waals surface area contributed by atoms with E-state index < -0.39 is 23.8 Å². The van der Waals surface area contributed by atoms with Gasteiger partial charge in [0.25, 0.3) is 11.8 Å². The van der Waals surface area contributed by atoms with E-state index in [2.05, 4.69) is 4.74 Å². The van der Waals surface area contributed by atoms with E-state index in [1.807, 2.05) is 0 Å². The van der Waals surface area contributed by atoms with Gasteiger partial charge in [-0.2, -0.15) is 0 Å². The van der Waals surface area contributed by atoms with E-state index in [0.717, 1.165) is 4.90 Å². The monoisotopic (exact) mass is 267 g/mol.